The second-order valence-electron chi connectivity index (χ2n) is 14.7. The van der Waals surface area contributed by atoms with Gasteiger partial charge in [0.05, 0.1) is 12.5 Å². The number of aromatic hydroxyl groups is 1. The Bertz CT molecular complexity index is 1470. The molecular weight excluding hydrogens is 561 g/mol. The summed E-state index contributed by atoms with van der Waals surface area (Å²) in [6.45, 7) is 5.89. The molecule has 0 bridgehead atoms. The molecule has 3 unspecified atom stereocenters. The van der Waals surface area contributed by atoms with E-state index in [1.54, 1.807) is 6.07 Å². The average molecular weight is 614 g/mol. The van der Waals surface area contributed by atoms with Gasteiger partial charge in [-0.15, -0.1) is 0 Å². The number of rotatable bonds is 12. The van der Waals surface area contributed by atoms with Gasteiger partial charge in [0.15, 0.2) is 0 Å². The second kappa shape index (κ2) is 13.8. The van der Waals surface area contributed by atoms with Gasteiger partial charge in [0.2, 0.25) is 5.91 Å². The highest BCUT2D eigenvalue weighted by atomic mass is 19.1. The van der Waals surface area contributed by atoms with Gasteiger partial charge in [0.25, 0.3) is 0 Å². The lowest BCUT2D eigenvalue weighted by Crippen LogP contribution is -2.51. The van der Waals surface area contributed by atoms with E-state index in [4.69, 9.17) is 0 Å². The zero-order valence-corrected chi connectivity index (χ0v) is 27.3. The quantitative estimate of drug-likeness (QED) is 0.201. The number of aliphatic hydroxyl groups excluding tert-OH is 1. The molecule has 3 aromatic carbocycles. The molecule has 3 aromatic rings. The van der Waals surface area contributed by atoms with E-state index in [1.807, 2.05) is 24.3 Å². The summed E-state index contributed by atoms with van der Waals surface area (Å²) < 4.78 is 16.1. The fourth-order valence-electron chi connectivity index (χ4n) is 9.47. The van der Waals surface area contributed by atoms with Crippen LogP contribution >= 0.6 is 0 Å². The lowest BCUT2D eigenvalue weighted by molar-refractivity contribution is -0.130. The number of phenolic OH excluding ortho intramolecular Hbond substituents is 1. The van der Waals surface area contributed by atoms with E-state index in [0.717, 1.165) is 81.1 Å². The minimum absolute atomic E-state index is 0.165. The first-order chi connectivity index (χ1) is 21.8. The van der Waals surface area contributed by atoms with Crippen molar-refractivity contribution in [2.75, 3.05) is 13.1 Å². The Balaban J connectivity index is 1.14. The zero-order valence-electron chi connectivity index (χ0n) is 27.3. The smallest absolute Gasteiger partial charge is 0.226 e. The Morgan fingerprint density at radius 2 is 1.73 bits per heavy atom. The van der Waals surface area contributed by atoms with E-state index in [-0.39, 0.29) is 28.9 Å². The fourth-order valence-corrected chi connectivity index (χ4v) is 9.47. The van der Waals surface area contributed by atoms with Gasteiger partial charge in [0, 0.05) is 19.0 Å². The maximum absolute atomic E-state index is 16.1. The summed E-state index contributed by atoms with van der Waals surface area (Å²) in [7, 11) is 0. The first-order valence-corrected chi connectivity index (χ1v) is 17.7. The van der Waals surface area contributed by atoms with E-state index in [9.17, 15) is 15.0 Å². The molecule has 6 rings (SSSR count). The van der Waals surface area contributed by atoms with Gasteiger partial charge in [-0.3, -0.25) is 4.79 Å². The molecule has 3 aliphatic carbocycles. The van der Waals surface area contributed by atoms with E-state index >= 15 is 4.39 Å². The minimum Gasteiger partial charge on any atom is -0.508 e. The summed E-state index contributed by atoms with van der Waals surface area (Å²) in [5, 5.41) is 23.6. The predicted octanol–water partition coefficient (Wildman–Crippen LogP) is 8.76. The van der Waals surface area contributed by atoms with Crippen LogP contribution in [0.4, 0.5) is 4.39 Å². The van der Waals surface area contributed by atoms with Crippen LogP contribution in [0.2, 0.25) is 0 Å². The number of unbranched alkanes of at least 4 members (excludes halogenated alkanes) is 4. The molecule has 0 heterocycles. The third-order valence-corrected chi connectivity index (χ3v) is 11.8. The average Bonchev–Trinajstić information content (AvgIpc) is 3.32. The van der Waals surface area contributed by atoms with Gasteiger partial charge >= 0.3 is 0 Å². The molecule has 5 heteroatoms. The van der Waals surface area contributed by atoms with Gasteiger partial charge in [-0.1, -0.05) is 88.1 Å². The number of hydrogen-bond donors (Lipinski definition) is 2. The number of halogens is 1. The van der Waals surface area contributed by atoms with Crippen LogP contribution in [0.15, 0.2) is 60.7 Å². The standard InChI is InChI=1S/C40H52FNO3/c1-3-4-5-9-20-42(37(45)23-27-14-15-28-11-6-7-12-29(28)22-27)21-10-8-13-30-24-31-25-32(43)16-17-33(31)39-35(41)26-40(2)34(38(30)39)18-19-36(40)44/h6-7,11-12,14-17,22,25,30,34-36,38-39,43-44H,3-5,8-10,13,18-21,23-24,26H2,1-2H3/t30-,34?,35+,36+,38?,39?,40+/m1/s1. The van der Waals surface area contributed by atoms with Gasteiger partial charge in [0.1, 0.15) is 11.9 Å². The molecule has 4 nitrogen and oxygen atoms in total. The highest BCUT2D eigenvalue weighted by Crippen LogP contribution is 2.63. The fraction of sp³-hybridized carbons (Fsp3) is 0.575. The number of carbonyl (C=O) groups excluding carboxylic acids is 1. The molecule has 45 heavy (non-hydrogen) atoms. The Kier molecular flexibility index (Phi) is 9.85. The van der Waals surface area contributed by atoms with Gasteiger partial charge in [-0.05, 0) is 108 Å². The topological polar surface area (TPSA) is 60.8 Å². The molecule has 0 radical (unpaired) electrons. The molecule has 0 spiro atoms. The summed E-state index contributed by atoms with van der Waals surface area (Å²) in [4.78, 5) is 15.7. The maximum Gasteiger partial charge on any atom is 0.226 e. The molecule has 7 atom stereocenters. The van der Waals surface area contributed by atoms with Crippen LogP contribution in [0, 0.1) is 23.2 Å². The normalized spacial score (nSPS) is 28.8. The summed E-state index contributed by atoms with van der Waals surface area (Å²) in [5.74, 6) is 1.11. The summed E-state index contributed by atoms with van der Waals surface area (Å²) in [6, 6.07) is 20.2. The van der Waals surface area contributed by atoms with Gasteiger partial charge in [-0.2, -0.15) is 0 Å². The number of hydrogen-bond acceptors (Lipinski definition) is 3. The van der Waals surface area contributed by atoms with Crippen LogP contribution in [0.5, 0.6) is 5.75 Å². The highest BCUT2D eigenvalue weighted by Gasteiger charge is 2.59. The number of phenols is 1. The second-order valence-corrected chi connectivity index (χ2v) is 14.7. The van der Waals surface area contributed by atoms with Crippen molar-refractivity contribution in [2.24, 2.45) is 23.2 Å². The number of fused-ring (bicyclic) bond motifs is 6. The first-order valence-electron chi connectivity index (χ1n) is 17.7. The zero-order chi connectivity index (χ0) is 31.6. The first kappa shape index (κ1) is 32.0. The Labute approximate surface area is 269 Å². The van der Waals surface area contributed by atoms with Crippen molar-refractivity contribution in [3.8, 4) is 5.75 Å². The minimum atomic E-state index is -0.985. The molecular formula is C40H52FNO3. The van der Waals surface area contributed by atoms with Gasteiger partial charge < -0.3 is 15.1 Å². The van der Waals surface area contributed by atoms with Crippen LogP contribution in [0.1, 0.15) is 101 Å². The molecule has 2 N–H and O–H groups in total. The number of nitrogens with zero attached hydrogens (tertiary/aromatic N) is 1. The third-order valence-electron chi connectivity index (χ3n) is 11.8. The van der Waals surface area contributed by atoms with E-state index in [2.05, 4.69) is 49.1 Å². The summed E-state index contributed by atoms with van der Waals surface area (Å²) in [5.41, 5.74) is 2.86. The molecule has 0 aliphatic heterocycles. The number of aliphatic hydroxyl groups is 1. The van der Waals surface area contributed by atoms with E-state index < -0.39 is 12.3 Å². The Morgan fingerprint density at radius 1 is 0.956 bits per heavy atom. The SMILES string of the molecule is CCCCCCN(CCCC[C@@H]1Cc2cc(O)ccc2C2C1C1CC[C@H](O)[C@@]1(C)C[C@@H]2F)C(=O)Cc1ccc2ccccc2c1. The monoisotopic (exact) mass is 613 g/mol. The van der Waals surface area contributed by atoms with Crippen molar-refractivity contribution in [1.82, 2.24) is 4.90 Å². The maximum atomic E-state index is 16.1. The van der Waals surface area contributed by atoms with Crippen LogP contribution in [-0.4, -0.2) is 46.4 Å². The summed E-state index contributed by atoms with van der Waals surface area (Å²) in [6.07, 6.45) is 9.43. The van der Waals surface area contributed by atoms with Crippen molar-refractivity contribution >= 4 is 16.7 Å². The van der Waals surface area contributed by atoms with E-state index in [0.29, 0.717) is 24.7 Å². The van der Waals surface area contributed by atoms with Crippen LogP contribution < -0.4 is 0 Å². The van der Waals surface area contributed by atoms with Crippen LogP contribution in [-0.2, 0) is 17.6 Å². The lowest BCUT2D eigenvalue weighted by atomic mass is 9.51. The molecule has 2 saturated carbocycles. The summed E-state index contributed by atoms with van der Waals surface area (Å²) >= 11 is 0. The Hall–Kier alpha value is -2.92. The molecule has 242 valence electrons. The van der Waals surface area contributed by atoms with Crippen LogP contribution in [0.3, 0.4) is 0 Å². The van der Waals surface area contributed by atoms with Crippen molar-refractivity contribution in [1.29, 1.82) is 0 Å². The number of carbonyl (C=O) groups is 1. The highest BCUT2D eigenvalue weighted by molar-refractivity contribution is 5.85. The molecule has 3 aliphatic rings. The van der Waals surface area contributed by atoms with Gasteiger partial charge in [-0.25, -0.2) is 4.39 Å². The lowest BCUT2D eigenvalue weighted by Gasteiger charge is -2.54. The van der Waals surface area contributed by atoms with Crippen molar-refractivity contribution < 1.29 is 19.4 Å². The van der Waals surface area contributed by atoms with E-state index in [1.165, 1.54) is 23.6 Å². The van der Waals surface area contributed by atoms with Crippen molar-refractivity contribution in [2.45, 2.75) is 109 Å². The third kappa shape index (κ3) is 6.66. The number of amides is 1. The molecule has 0 aromatic heterocycles. The number of benzene rings is 3. The number of alkyl halides is 1. The van der Waals surface area contributed by atoms with Crippen LogP contribution in [0.25, 0.3) is 10.8 Å². The molecule has 1 amide bonds. The predicted molar refractivity (Wildman–Crippen MR) is 180 cm³/mol. The Morgan fingerprint density at radius 3 is 2.53 bits per heavy atom. The largest absolute Gasteiger partial charge is 0.508 e. The van der Waals surface area contributed by atoms with Crippen molar-refractivity contribution in [3.63, 3.8) is 0 Å². The van der Waals surface area contributed by atoms with Crippen molar-refractivity contribution in [3.05, 3.63) is 77.4 Å². The molecule has 2 fully saturated rings. The molecule has 0 saturated heterocycles.